The maximum atomic E-state index is 8.15. The number of nitrogens with zero attached hydrogens (tertiary/aromatic N) is 1. The fourth-order valence-electron chi connectivity index (χ4n) is 12.4. The van der Waals surface area contributed by atoms with Crippen LogP contribution in [0.4, 0.5) is 0 Å². The largest absolute Gasteiger partial charge is 0.198 e. The molecule has 1 nitrogen and oxygen atoms in total. The summed E-state index contributed by atoms with van der Waals surface area (Å²) < 4.78 is 0. The summed E-state index contributed by atoms with van der Waals surface area (Å²) in [6.07, 6.45) is 0. The molecule has 0 N–H and O–H groups in total. The Morgan fingerprint density at radius 2 is 0.432 bits per heavy atom. The van der Waals surface area contributed by atoms with Crippen LogP contribution in [0.5, 0.6) is 0 Å². The first-order valence-electron chi connectivity index (χ1n) is 34.1. The first kappa shape index (κ1) is 74.2. The summed E-state index contributed by atoms with van der Waals surface area (Å²) in [5.41, 5.74) is 2.86. The lowest BCUT2D eigenvalue weighted by atomic mass is 9.87. The van der Waals surface area contributed by atoms with E-state index in [1.165, 1.54) is 68.2 Å². The molecule has 0 unspecified atom stereocenters. The van der Waals surface area contributed by atoms with E-state index in [4.69, 9.17) is 5.26 Å². The molecular formula is C90H107NSi4. The highest BCUT2D eigenvalue weighted by molar-refractivity contribution is 7.20. The Morgan fingerprint density at radius 3 is 0.632 bits per heavy atom. The molecule has 0 aliphatic carbocycles. The van der Waals surface area contributed by atoms with Gasteiger partial charge in [-0.25, -0.2) is 0 Å². The van der Waals surface area contributed by atoms with Gasteiger partial charge in [-0.15, -0.1) is 0 Å². The molecule has 0 bridgehead atoms. The van der Waals surface area contributed by atoms with Crippen LogP contribution in [-0.2, 0) is 10.8 Å². The van der Waals surface area contributed by atoms with Gasteiger partial charge in [0.15, 0.2) is 24.2 Å². The molecule has 488 valence electrons. The second-order valence-electron chi connectivity index (χ2n) is 31.3. The van der Waals surface area contributed by atoms with Gasteiger partial charge < -0.3 is 0 Å². The Bertz CT molecular complexity index is 3750. The van der Waals surface area contributed by atoms with E-state index in [0.29, 0.717) is 5.04 Å². The van der Waals surface area contributed by atoms with E-state index in [9.17, 15) is 0 Å². The third-order valence-electron chi connectivity index (χ3n) is 18.9. The van der Waals surface area contributed by atoms with Crippen molar-refractivity contribution in [2.75, 3.05) is 0 Å². The van der Waals surface area contributed by atoms with Gasteiger partial charge in [0.2, 0.25) is 0 Å². The SMILES string of the molecule is CC(C)(C)C#N.CC(C)(C)[Si](C)(C)C.CC(C)(C)[Si](c1ccccc1)(c1ccccc1)c1ccccc1.CC(C)(C)c1ccc([Si](c2ccccc2)(c2ccccc2)c2ccccc2)cc1.CC(C)(C)c1cccc([Si](c2ccccc2)(c2ccccc2)c2ccccc2)c1. The van der Waals surface area contributed by atoms with E-state index >= 15 is 0 Å². The summed E-state index contributed by atoms with van der Waals surface area (Å²) in [6.45, 7) is 40.8. The molecule has 5 heteroatoms. The molecule has 11 aromatic carbocycles. The van der Waals surface area contributed by atoms with Gasteiger partial charge in [0.25, 0.3) is 0 Å². The summed E-state index contributed by atoms with van der Waals surface area (Å²) in [6, 6.07) is 121. The van der Waals surface area contributed by atoms with Crippen LogP contribution in [0.15, 0.2) is 322 Å². The van der Waals surface area contributed by atoms with E-state index in [1.807, 2.05) is 20.8 Å². The fourth-order valence-corrected chi connectivity index (χ4v) is 27.6. The number of hydrogen-bond donors (Lipinski definition) is 0. The van der Waals surface area contributed by atoms with Gasteiger partial charge in [0.05, 0.1) is 6.07 Å². The first-order chi connectivity index (χ1) is 44.9. The highest BCUT2D eigenvalue weighted by Gasteiger charge is 2.49. The Labute approximate surface area is 579 Å². The van der Waals surface area contributed by atoms with Crippen LogP contribution in [0.2, 0.25) is 29.7 Å². The second-order valence-corrected chi connectivity index (χ2v) is 49.7. The molecule has 0 aliphatic heterocycles. The molecule has 11 rings (SSSR count). The van der Waals surface area contributed by atoms with E-state index < -0.39 is 32.3 Å². The minimum Gasteiger partial charge on any atom is -0.198 e. The lowest BCUT2D eigenvalue weighted by molar-refractivity contribution is 0.561. The van der Waals surface area contributed by atoms with Crippen molar-refractivity contribution in [1.82, 2.24) is 0 Å². The summed E-state index contributed by atoms with van der Waals surface area (Å²) in [7, 11) is -7.78. The minimum absolute atomic E-state index is 0.111. The average molecular weight is 1320 g/mol. The van der Waals surface area contributed by atoms with Crippen LogP contribution in [0.1, 0.15) is 115 Å². The van der Waals surface area contributed by atoms with Crippen molar-refractivity contribution in [3.8, 4) is 6.07 Å². The molecule has 0 aromatic heterocycles. The van der Waals surface area contributed by atoms with Crippen LogP contribution in [0.25, 0.3) is 0 Å². The van der Waals surface area contributed by atoms with Crippen LogP contribution in [-0.4, -0.2) is 32.3 Å². The zero-order valence-electron chi connectivity index (χ0n) is 60.5. The molecule has 0 saturated carbocycles. The predicted octanol–water partition coefficient (Wildman–Crippen LogP) is 17.4. The number of benzene rings is 11. The quantitative estimate of drug-likeness (QED) is 0.0935. The summed E-state index contributed by atoms with van der Waals surface area (Å²) in [5.74, 6) is 0. The second kappa shape index (κ2) is 32.0. The molecule has 0 saturated heterocycles. The molecule has 0 spiro atoms. The number of rotatable bonds is 11. The van der Waals surface area contributed by atoms with Gasteiger partial charge in [-0.05, 0) is 110 Å². The zero-order chi connectivity index (χ0) is 69.2. The Balaban J connectivity index is 0.000000184. The van der Waals surface area contributed by atoms with E-state index in [1.54, 1.807) is 0 Å². The molecule has 0 heterocycles. The fraction of sp³-hybridized carbons (Fsp3) is 0.256. The Morgan fingerprint density at radius 1 is 0.232 bits per heavy atom. The normalized spacial score (nSPS) is 12.1. The van der Waals surface area contributed by atoms with E-state index in [2.05, 4.69) is 430 Å². The van der Waals surface area contributed by atoms with Crippen molar-refractivity contribution < 1.29 is 0 Å². The van der Waals surface area contributed by atoms with Gasteiger partial charge >= 0.3 is 0 Å². The van der Waals surface area contributed by atoms with E-state index in [0.717, 1.165) is 0 Å². The third kappa shape index (κ3) is 18.0. The van der Waals surface area contributed by atoms with Gasteiger partial charge in [-0.3, -0.25) is 0 Å². The molecule has 11 aromatic rings. The molecule has 0 fully saturated rings. The van der Waals surface area contributed by atoms with Crippen molar-refractivity contribution in [3.63, 3.8) is 0 Å². The maximum Gasteiger partial charge on any atom is 0.179 e. The highest BCUT2D eigenvalue weighted by Crippen LogP contribution is 2.36. The van der Waals surface area contributed by atoms with Crippen LogP contribution in [0.3, 0.4) is 0 Å². The molecular weight excluding hydrogens is 1210 g/mol. The summed E-state index contributed by atoms with van der Waals surface area (Å²) >= 11 is 0. The lowest BCUT2D eigenvalue weighted by Gasteiger charge is -2.44. The molecule has 0 aliphatic rings. The smallest absolute Gasteiger partial charge is 0.179 e. The van der Waals surface area contributed by atoms with Gasteiger partial charge in [-0.1, -0.05) is 424 Å². The lowest BCUT2D eigenvalue weighted by Crippen LogP contribution is -2.74. The topological polar surface area (TPSA) is 23.8 Å². The highest BCUT2D eigenvalue weighted by atomic mass is 28.3. The van der Waals surface area contributed by atoms with Crippen molar-refractivity contribution >= 4 is 89.3 Å². The van der Waals surface area contributed by atoms with Crippen molar-refractivity contribution in [2.45, 2.75) is 144 Å². The average Bonchev–Trinajstić information content (AvgIpc) is 0.748. The first-order valence-corrected chi connectivity index (χ1v) is 43.6. The number of hydrogen-bond acceptors (Lipinski definition) is 1. The van der Waals surface area contributed by atoms with Crippen molar-refractivity contribution in [2.24, 2.45) is 5.41 Å². The van der Waals surface area contributed by atoms with Gasteiger partial charge in [0.1, 0.15) is 0 Å². The standard InChI is InChI=1S/2C28H28Si.C22H24Si.C7H18Si.C5H9N/c1-28(2,3)23-14-13-21-27(22-23)29(24-15-7-4-8-16-24,25-17-9-5-10-18-25)26-19-11-6-12-20-26;1-28(2,3)23-19-21-27(22-20-23)29(24-13-7-4-8-14-24,25-15-9-5-10-16-25)26-17-11-6-12-18-26;1-22(2,3)23(19-13-7-4-8-14-19,20-15-9-5-10-16-20)21-17-11-6-12-18-21;1-7(2,3)8(4,5)6;1-5(2,3)4-6/h2*4-22H,1-3H3;4-18H,1-3H3;1-6H3;1-3H3. The molecule has 0 amide bonds. The van der Waals surface area contributed by atoms with Crippen LogP contribution >= 0.6 is 0 Å². The maximum absolute atomic E-state index is 8.15. The van der Waals surface area contributed by atoms with Crippen LogP contribution < -0.4 is 57.1 Å². The third-order valence-corrected chi connectivity index (χ3v) is 38.8. The summed E-state index contributed by atoms with van der Waals surface area (Å²) in [5, 5.41) is 24.7. The number of nitriles is 1. The Kier molecular flexibility index (Phi) is 25.0. The van der Waals surface area contributed by atoms with Gasteiger partial charge in [-0.2, -0.15) is 5.26 Å². The Hall–Kier alpha value is -8.22. The molecule has 95 heavy (non-hydrogen) atoms. The van der Waals surface area contributed by atoms with Crippen molar-refractivity contribution in [1.29, 1.82) is 5.26 Å². The summed E-state index contributed by atoms with van der Waals surface area (Å²) in [4.78, 5) is 0. The van der Waals surface area contributed by atoms with Gasteiger partial charge in [0, 0.05) is 13.5 Å². The van der Waals surface area contributed by atoms with E-state index in [-0.39, 0.29) is 21.3 Å². The predicted molar refractivity (Wildman–Crippen MR) is 429 cm³/mol. The van der Waals surface area contributed by atoms with Crippen molar-refractivity contribution in [3.05, 3.63) is 333 Å². The van der Waals surface area contributed by atoms with Crippen LogP contribution in [0, 0.1) is 16.7 Å². The molecule has 0 atom stereocenters. The monoisotopic (exact) mass is 1310 g/mol. The minimum atomic E-state index is -2.41. The molecule has 0 radical (unpaired) electrons. The zero-order valence-corrected chi connectivity index (χ0v) is 64.5.